The molecule has 0 N–H and O–H groups in total. The molecule has 1 atom stereocenters. The topological polar surface area (TPSA) is 20.3 Å². The van der Waals surface area contributed by atoms with Gasteiger partial charge in [-0.05, 0) is 59.3 Å². The van der Waals surface area contributed by atoms with Crippen LogP contribution in [0.2, 0.25) is 0 Å². The Bertz CT molecular complexity index is 463. The van der Waals surface area contributed by atoms with Crippen molar-refractivity contribution in [3.63, 3.8) is 0 Å². The van der Waals surface area contributed by atoms with Gasteiger partial charge in [-0.3, -0.25) is 4.79 Å². The van der Waals surface area contributed by atoms with E-state index in [1.165, 1.54) is 18.9 Å². The maximum Gasteiger partial charge on any atom is 0.253 e. The third-order valence-corrected chi connectivity index (χ3v) is 4.52. The first-order valence-corrected chi connectivity index (χ1v) is 7.65. The second-order valence-electron chi connectivity index (χ2n) is 5.13. The molecule has 0 radical (unpaired) electrons. The molecule has 4 heteroatoms. The van der Waals surface area contributed by atoms with Crippen LogP contribution in [0, 0.1) is 11.7 Å². The lowest BCUT2D eigenvalue weighted by Gasteiger charge is -2.20. The Morgan fingerprint density at radius 3 is 2.89 bits per heavy atom. The Morgan fingerprint density at radius 1 is 1.42 bits per heavy atom. The molecule has 1 amide bonds. The molecule has 0 bridgehead atoms. The summed E-state index contributed by atoms with van der Waals surface area (Å²) in [5.74, 6) is 0.287. The molecule has 0 spiro atoms. The van der Waals surface area contributed by atoms with Crippen LogP contribution in [0.25, 0.3) is 0 Å². The number of nitrogens with zero attached hydrogens (tertiary/aromatic N) is 1. The fraction of sp³-hybridized carbons (Fsp3) is 0.533. The molecular weight excluding hydrogens is 309 g/mol. The summed E-state index contributed by atoms with van der Waals surface area (Å²) in [5, 5.41) is 0. The highest BCUT2D eigenvalue weighted by molar-refractivity contribution is 9.10. The summed E-state index contributed by atoms with van der Waals surface area (Å²) in [7, 11) is 0. The van der Waals surface area contributed by atoms with Crippen LogP contribution in [0.1, 0.15) is 43.0 Å². The lowest BCUT2D eigenvalue weighted by atomic mass is 9.98. The predicted octanol–water partition coefficient (Wildman–Crippen LogP) is 4.24. The van der Waals surface area contributed by atoms with Gasteiger partial charge in [-0.2, -0.15) is 0 Å². The zero-order chi connectivity index (χ0) is 13.8. The predicted molar refractivity (Wildman–Crippen MR) is 77.6 cm³/mol. The Kier molecular flexibility index (Phi) is 4.97. The number of hydrogen-bond donors (Lipinski definition) is 0. The van der Waals surface area contributed by atoms with Crippen molar-refractivity contribution in [2.45, 2.75) is 32.6 Å². The van der Waals surface area contributed by atoms with E-state index in [0.29, 0.717) is 10.0 Å². The maximum absolute atomic E-state index is 13.5. The van der Waals surface area contributed by atoms with E-state index in [1.807, 2.05) is 4.90 Å². The largest absolute Gasteiger partial charge is 0.339 e. The van der Waals surface area contributed by atoms with Crippen molar-refractivity contribution >= 4 is 21.8 Å². The van der Waals surface area contributed by atoms with Gasteiger partial charge < -0.3 is 4.90 Å². The Hall–Kier alpha value is -0.900. The van der Waals surface area contributed by atoms with Gasteiger partial charge in [-0.15, -0.1) is 0 Å². The second kappa shape index (κ2) is 6.51. The lowest BCUT2D eigenvalue weighted by Crippen LogP contribution is -2.32. The van der Waals surface area contributed by atoms with Crippen molar-refractivity contribution in [3.8, 4) is 0 Å². The number of halogens is 2. The van der Waals surface area contributed by atoms with Gasteiger partial charge in [0.2, 0.25) is 0 Å². The Labute approximate surface area is 122 Å². The molecule has 2 rings (SSSR count). The van der Waals surface area contributed by atoms with Crippen LogP contribution in [-0.4, -0.2) is 23.9 Å². The van der Waals surface area contributed by atoms with Crippen molar-refractivity contribution in [1.29, 1.82) is 0 Å². The first-order valence-electron chi connectivity index (χ1n) is 6.86. The lowest BCUT2D eigenvalue weighted by molar-refractivity contribution is 0.0759. The van der Waals surface area contributed by atoms with E-state index in [2.05, 4.69) is 22.9 Å². The highest BCUT2D eigenvalue weighted by atomic mass is 79.9. The standard InChI is InChI=1S/C15H19BrFNO/c1-2-11-4-3-8-18(9-7-11)15(19)12-5-6-13(16)14(17)10-12/h5-6,10-11H,2-4,7-9H2,1H3. The number of amides is 1. The van der Waals surface area contributed by atoms with Crippen LogP contribution in [0.15, 0.2) is 22.7 Å². The van der Waals surface area contributed by atoms with Crippen LogP contribution in [0.4, 0.5) is 4.39 Å². The first kappa shape index (κ1) is 14.5. The number of rotatable bonds is 2. The summed E-state index contributed by atoms with van der Waals surface area (Å²) >= 11 is 3.10. The van der Waals surface area contributed by atoms with Gasteiger partial charge in [-0.1, -0.05) is 13.3 Å². The van der Waals surface area contributed by atoms with Crippen LogP contribution >= 0.6 is 15.9 Å². The number of carbonyl (C=O) groups excluding carboxylic acids is 1. The van der Waals surface area contributed by atoms with E-state index in [4.69, 9.17) is 0 Å². The zero-order valence-corrected chi connectivity index (χ0v) is 12.7. The maximum atomic E-state index is 13.5. The molecule has 1 saturated heterocycles. The monoisotopic (exact) mass is 327 g/mol. The molecule has 2 nitrogen and oxygen atoms in total. The van der Waals surface area contributed by atoms with E-state index in [-0.39, 0.29) is 11.7 Å². The van der Waals surface area contributed by atoms with Crippen molar-refractivity contribution < 1.29 is 9.18 Å². The molecular formula is C15H19BrFNO. The summed E-state index contributed by atoms with van der Waals surface area (Å²) in [6, 6.07) is 4.58. The summed E-state index contributed by atoms with van der Waals surface area (Å²) in [6.07, 6.45) is 4.47. The SMILES string of the molecule is CCC1CCCN(C(=O)c2ccc(Br)c(F)c2)CC1. The Balaban J connectivity index is 2.08. The van der Waals surface area contributed by atoms with E-state index in [0.717, 1.165) is 31.8 Å². The highest BCUT2D eigenvalue weighted by Crippen LogP contribution is 2.22. The van der Waals surface area contributed by atoms with Gasteiger partial charge in [0.05, 0.1) is 4.47 Å². The molecule has 1 aliphatic heterocycles. The fourth-order valence-corrected chi connectivity index (χ4v) is 2.84. The van der Waals surface area contributed by atoms with Crippen molar-refractivity contribution in [2.24, 2.45) is 5.92 Å². The molecule has 1 aromatic carbocycles. The average molecular weight is 328 g/mol. The van der Waals surface area contributed by atoms with Crippen LogP contribution in [0.3, 0.4) is 0 Å². The minimum atomic E-state index is -0.382. The van der Waals surface area contributed by atoms with Gasteiger partial charge in [0.15, 0.2) is 0 Å². The van der Waals surface area contributed by atoms with Crippen LogP contribution < -0.4 is 0 Å². The number of hydrogen-bond acceptors (Lipinski definition) is 1. The molecule has 0 saturated carbocycles. The van der Waals surface area contributed by atoms with Gasteiger partial charge in [0, 0.05) is 18.7 Å². The number of carbonyl (C=O) groups is 1. The van der Waals surface area contributed by atoms with Crippen LogP contribution in [0.5, 0.6) is 0 Å². The van der Waals surface area contributed by atoms with Gasteiger partial charge in [-0.25, -0.2) is 4.39 Å². The minimum Gasteiger partial charge on any atom is -0.339 e. The smallest absolute Gasteiger partial charge is 0.253 e. The third kappa shape index (κ3) is 3.56. The van der Waals surface area contributed by atoms with Gasteiger partial charge in [0.1, 0.15) is 5.82 Å². The summed E-state index contributed by atoms with van der Waals surface area (Å²) in [6.45, 7) is 3.77. The molecule has 0 aromatic heterocycles. The van der Waals surface area contributed by atoms with Crippen molar-refractivity contribution in [1.82, 2.24) is 4.90 Å². The van der Waals surface area contributed by atoms with E-state index >= 15 is 0 Å². The third-order valence-electron chi connectivity index (χ3n) is 3.88. The van der Waals surface area contributed by atoms with Crippen molar-refractivity contribution in [3.05, 3.63) is 34.1 Å². The van der Waals surface area contributed by atoms with E-state index < -0.39 is 0 Å². The normalized spacial score (nSPS) is 20.2. The number of likely N-dealkylation sites (tertiary alicyclic amines) is 1. The second-order valence-corrected chi connectivity index (χ2v) is 5.98. The fourth-order valence-electron chi connectivity index (χ4n) is 2.59. The van der Waals surface area contributed by atoms with Gasteiger partial charge in [0.25, 0.3) is 5.91 Å². The zero-order valence-electron chi connectivity index (χ0n) is 11.2. The quantitative estimate of drug-likeness (QED) is 0.795. The Morgan fingerprint density at radius 2 is 2.21 bits per heavy atom. The van der Waals surface area contributed by atoms with E-state index in [1.54, 1.807) is 12.1 Å². The summed E-state index contributed by atoms with van der Waals surface area (Å²) in [5.41, 5.74) is 0.440. The average Bonchev–Trinajstić information content (AvgIpc) is 2.66. The molecule has 1 heterocycles. The molecule has 19 heavy (non-hydrogen) atoms. The summed E-state index contributed by atoms with van der Waals surface area (Å²) < 4.78 is 13.9. The summed E-state index contributed by atoms with van der Waals surface area (Å²) in [4.78, 5) is 14.2. The molecule has 1 aliphatic rings. The molecule has 0 aliphatic carbocycles. The molecule has 1 fully saturated rings. The number of benzene rings is 1. The molecule has 1 aromatic rings. The van der Waals surface area contributed by atoms with Gasteiger partial charge >= 0.3 is 0 Å². The van der Waals surface area contributed by atoms with E-state index in [9.17, 15) is 9.18 Å². The molecule has 1 unspecified atom stereocenters. The minimum absolute atomic E-state index is 0.0526. The highest BCUT2D eigenvalue weighted by Gasteiger charge is 2.21. The van der Waals surface area contributed by atoms with Crippen molar-refractivity contribution in [2.75, 3.05) is 13.1 Å². The van der Waals surface area contributed by atoms with Crippen LogP contribution in [-0.2, 0) is 0 Å². The molecule has 104 valence electrons. The first-order chi connectivity index (χ1) is 9.11.